The van der Waals surface area contributed by atoms with E-state index >= 15 is 0 Å². The molecule has 150 valence electrons. The highest BCUT2D eigenvalue weighted by molar-refractivity contribution is 9.10. The van der Waals surface area contributed by atoms with Gasteiger partial charge < -0.3 is 4.90 Å². The Morgan fingerprint density at radius 2 is 1.82 bits per heavy atom. The summed E-state index contributed by atoms with van der Waals surface area (Å²) in [6.45, 7) is 7.21. The van der Waals surface area contributed by atoms with Crippen molar-refractivity contribution in [1.29, 1.82) is 0 Å². The van der Waals surface area contributed by atoms with Gasteiger partial charge in [0.25, 0.3) is 5.91 Å². The summed E-state index contributed by atoms with van der Waals surface area (Å²) in [5, 5.41) is 0.517. The number of nitrogens with zero attached hydrogens (tertiary/aromatic N) is 3. The van der Waals surface area contributed by atoms with Crippen molar-refractivity contribution < 1.29 is 9.18 Å². The van der Waals surface area contributed by atoms with Crippen molar-refractivity contribution in [2.24, 2.45) is 0 Å². The Hall–Kier alpha value is -1.54. The van der Waals surface area contributed by atoms with E-state index < -0.39 is 0 Å². The van der Waals surface area contributed by atoms with Crippen LogP contribution >= 0.6 is 39.7 Å². The first-order valence-electron chi connectivity index (χ1n) is 8.89. The Balaban J connectivity index is 0.00000280. The lowest BCUT2D eigenvalue weighted by atomic mass is 10.2. The number of anilines is 1. The maximum Gasteiger partial charge on any atom is 0.261 e. The Morgan fingerprint density at radius 3 is 2.46 bits per heavy atom. The molecule has 2 aromatic carbocycles. The van der Waals surface area contributed by atoms with E-state index in [1.807, 2.05) is 24.3 Å². The van der Waals surface area contributed by atoms with E-state index in [-0.39, 0.29) is 24.1 Å². The van der Waals surface area contributed by atoms with Crippen LogP contribution < -0.4 is 4.90 Å². The second-order valence-electron chi connectivity index (χ2n) is 6.05. The lowest BCUT2D eigenvalue weighted by molar-refractivity contribution is 0.0983. The van der Waals surface area contributed by atoms with Gasteiger partial charge in [-0.25, -0.2) is 9.37 Å². The third-order valence-corrected chi connectivity index (χ3v) is 6.21. The molecule has 0 atom stereocenters. The summed E-state index contributed by atoms with van der Waals surface area (Å²) in [5.74, 6) is -0.513. The van der Waals surface area contributed by atoms with Crippen LogP contribution in [0, 0.1) is 5.82 Å². The molecular formula is C20H22BrClFN3OS. The highest BCUT2D eigenvalue weighted by Crippen LogP contribution is 2.31. The molecule has 0 saturated heterocycles. The summed E-state index contributed by atoms with van der Waals surface area (Å²) in [6.07, 6.45) is 0. The predicted octanol–water partition coefficient (Wildman–Crippen LogP) is 5.61. The molecule has 3 aromatic rings. The minimum absolute atomic E-state index is 0. The molecular weight excluding hydrogens is 465 g/mol. The first-order valence-corrected chi connectivity index (χ1v) is 10.5. The number of rotatable bonds is 7. The van der Waals surface area contributed by atoms with Gasteiger partial charge in [0.05, 0.1) is 10.3 Å². The number of carbonyl (C=O) groups excluding carboxylic acids is 1. The maximum absolute atomic E-state index is 14.1. The number of fused-ring (bicyclic) bond motifs is 1. The smallest absolute Gasteiger partial charge is 0.261 e. The summed E-state index contributed by atoms with van der Waals surface area (Å²) in [4.78, 5) is 21.6. The zero-order chi connectivity index (χ0) is 19.4. The van der Waals surface area contributed by atoms with Crippen LogP contribution in [-0.4, -0.2) is 42.0 Å². The van der Waals surface area contributed by atoms with Crippen LogP contribution in [0.5, 0.6) is 0 Å². The van der Waals surface area contributed by atoms with Crippen molar-refractivity contribution in [3.8, 4) is 0 Å². The fraction of sp³-hybridized carbons (Fsp3) is 0.300. The minimum Gasteiger partial charge on any atom is -0.302 e. The quantitative estimate of drug-likeness (QED) is 0.436. The molecule has 4 nitrogen and oxygen atoms in total. The second-order valence-corrected chi connectivity index (χ2v) is 7.91. The molecule has 1 aromatic heterocycles. The fourth-order valence-electron chi connectivity index (χ4n) is 2.86. The van der Waals surface area contributed by atoms with E-state index in [0.717, 1.165) is 28.8 Å². The van der Waals surface area contributed by atoms with Gasteiger partial charge in [0, 0.05) is 17.6 Å². The normalized spacial score (nSPS) is 10.9. The molecule has 0 bridgehead atoms. The molecule has 0 spiro atoms. The fourth-order valence-corrected chi connectivity index (χ4v) is 4.32. The molecule has 8 heteroatoms. The van der Waals surface area contributed by atoms with Crippen molar-refractivity contribution in [3.05, 3.63) is 58.3 Å². The summed E-state index contributed by atoms with van der Waals surface area (Å²) in [7, 11) is 0. The molecule has 0 aliphatic carbocycles. The van der Waals surface area contributed by atoms with Gasteiger partial charge in [0.1, 0.15) is 11.3 Å². The monoisotopic (exact) mass is 485 g/mol. The molecule has 0 radical (unpaired) electrons. The van der Waals surface area contributed by atoms with Crippen LogP contribution in [0.2, 0.25) is 0 Å². The molecule has 0 unspecified atom stereocenters. The van der Waals surface area contributed by atoms with Crippen LogP contribution in [0.1, 0.15) is 24.2 Å². The molecule has 1 heterocycles. The average molecular weight is 487 g/mol. The number of hydrogen-bond acceptors (Lipinski definition) is 4. The van der Waals surface area contributed by atoms with Gasteiger partial charge in [-0.2, -0.15) is 0 Å². The zero-order valence-corrected chi connectivity index (χ0v) is 18.9. The van der Waals surface area contributed by atoms with Crippen LogP contribution in [0.25, 0.3) is 10.2 Å². The van der Waals surface area contributed by atoms with Gasteiger partial charge in [0.15, 0.2) is 5.13 Å². The highest BCUT2D eigenvalue weighted by atomic mass is 79.9. The van der Waals surface area contributed by atoms with E-state index in [1.165, 1.54) is 17.4 Å². The average Bonchev–Trinajstić information content (AvgIpc) is 3.10. The Bertz CT molecular complexity index is 948. The van der Waals surface area contributed by atoms with E-state index in [2.05, 4.69) is 39.7 Å². The van der Waals surface area contributed by atoms with Gasteiger partial charge in [-0.3, -0.25) is 9.69 Å². The second kappa shape index (κ2) is 10.3. The number of carbonyl (C=O) groups is 1. The Morgan fingerprint density at radius 1 is 1.11 bits per heavy atom. The number of thiazole rings is 1. The van der Waals surface area contributed by atoms with Gasteiger partial charge in [-0.15, -0.1) is 12.4 Å². The standard InChI is InChI=1S/C20H21BrFN3OS.ClH/c1-3-24(4-2)12-13-25(19(26)14-8-5-6-9-15(14)21)20-23-18-16(22)10-7-11-17(18)27-20;/h5-11H,3-4,12-13H2,1-2H3;1H. The van der Waals surface area contributed by atoms with Gasteiger partial charge in [-0.05, 0) is 53.3 Å². The maximum atomic E-state index is 14.1. The molecule has 0 aliphatic rings. The van der Waals surface area contributed by atoms with Gasteiger partial charge in [-0.1, -0.05) is 43.4 Å². The van der Waals surface area contributed by atoms with Gasteiger partial charge >= 0.3 is 0 Å². The lowest BCUT2D eigenvalue weighted by Gasteiger charge is -2.25. The molecule has 0 saturated carbocycles. The summed E-state index contributed by atoms with van der Waals surface area (Å²) < 4.78 is 15.6. The predicted molar refractivity (Wildman–Crippen MR) is 120 cm³/mol. The molecule has 28 heavy (non-hydrogen) atoms. The van der Waals surface area contributed by atoms with E-state index in [1.54, 1.807) is 17.0 Å². The van der Waals surface area contributed by atoms with Crippen molar-refractivity contribution in [2.45, 2.75) is 13.8 Å². The molecule has 3 rings (SSSR count). The Kier molecular flexibility index (Phi) is 8.37. The van der Waals surface area contributed by atoms with Crippen molar-refractivity contribution in [2.75, 3.05) is 31.1 Å². The van der Waals surface area contributed by atoms with Crippen LogP contribution in [0.3, 0.4) is 0 Å². The SMILES string of the molecule is CCN(CC)CCN(C(=O)c1ccccc1Br)c1nc2c(F)cccc2s1.Cl. The van der Waals surface area contributed by atoms with E-state index in [4.69, 9.17) is 0 Å². The topological polar surface area (TPSA) is 36.4 Å². The lowest BCUT2D eigenvalue weighted by Crippen LogP contribution is -2.39. The third kappa shape index (κ3) is 4.89. The highest BCUT2D eigenvalue weighted by Gasteiger charge is 2.23. The first-order chi connectivity index (χ1) is 13.0. The largest absolute Gasteiger partial charge is 0.302 e. The summed E-state index contributed by atoms with van der Waals surface area (Å²) in [6, 6.07) is 12.2. The Labute approximate surface area is 182 Å². The number of aromatic nitrogens is 1. The molecule has 1 amide bonds. The third-order valence-electron chi connectivity index (χ3n) is 4.47. The zero-order valence-electron chi connectivity index (χ0n) is 15.7. The van der Waals surface area contributed by atoms with Crippen molar-refractivity contribution in [3.63, 3.8) is 0 Å². The number of benzene rings is 2. The summed E-state index contributed by atoms with van der Waals surface area (Å²) in [5.41, 5.74) is 0.877. The molecule has 0 fully saturated rings. The van der Waals surface area contributed by atoms with Crippen molar-refractivity contribution in [1.82, 2.24) is 9.88 Å². The van der Waals surface area contributed by atoms with E-state index in [0.29, 0.717) is 22.8 Å². The van der Waals surface area contributed by atoms with Crippen LogP contribution in [-0.2, 0) is 0 Å². The van der Waals surface area contributed by atoms with Crippen LogP contribution in [0.4, 0.5) is 9.52 Å². The summed E-state index contributed by atoms with van der Waals surface area (Å²) >= 11 is 4.79. The number of para-hydroxylation sites is 1. The molecule has 0 N–H and O–H groups in total. The van der Waals surface area contributed by atoms with E-state index in [9.17, 15) is 9.18 Å². The molecule has 0 aliphatic heterocycles. The number of amides is 1. The number of halogens is 3. The van der Waals surface area contributed by atoms with Crippen LogP contribution in [0.15, 0.2) is 46.9 Å². The number of hydrogen-bond donors (Lipinski definition) is 0. The van der Waals surface area contributed by atoms with Crippen molar-refractivity contribution >= 4 is 60.9 Å². The number of likely N-dealkylation sites (N-methyl/N-ethyl adjacent to an activating group) is 1. The van der Waals surface area contributed by atoms with Gasteiger partial charge in [0.2, 0.25) is 0 Å². The first kappa shape index (κ1) is 22.7. The minimum atomic E-state index is -0.368.